The molecule has 0 bridgehead atoms. The Labute approximate surface area is 207 Å². The molecule has 1 aromatic heterocycles. The number of amides is 2. The van der Waals surface area contributed by atoms with Crippen LogP contribution >= 0.6 is 11.8 Å². The van der Waals surface area contributed by atoms with Gasteiger partial charge in [0.05, 0.1) is 7.11 Å². The number of aromatic nitrogens is 1. The first-order valence-electron chi connectivity index (χ1n) is 11.8. The van der Waals surface area contributed by atoms with Gasteiger partial charge >= 0.3 is 0 Å². The zero-order valence-electron chi connectivity index (χ0n) is 20.4. The number of likely N-dealkylation sites (tertiary alicyclic amines) is 1. The molecule has 2 aromatic rings. The van der Waals surface area contributed by atoms with Gasteiger partial charge in [0, 0.05) is 56.8 Å². The van der Waals surface area contributed by atoms with Crippen LogP contribution in [0.15, 0.2) is 54.9 Å². The van der Waals surface area contributed by atoms with Gasteiger partial charge in [0.1, 0.15) is 5.75 Å². The van der Waals surface area contributed by atoms with Gasteiger partial charge < -0.3 is 14.5 Å². The lowest BCUT2D eigenvalue weighted by Crippen LogP contribution is -2.48. The van der Waals surface area contributed by atoms with Crippen molar-refractivity contribution in [3.63, 3.8) is 0 Å². The van der Waals surface area contributed by atoms with E-state index < -0.39 is 0 Å². The van der Waals surface area contributed by atoms with Crippen molar-refractivity contribution < 1.29 is 14.3 Å². The van der Waals surface area contributed by atoms with Crippen LogP contribution in [0.25, 0.3) is 6.08 Å². The molecule has 1 fully saturated rings. The molecule has 1 aromatic carbocycles. The van der Waals surface area contributed by atoms with Crippen LogP contribution in [0.3, 0.4) is 0 Å². The zero-order chi connectivity index (χ0) is 24.3. The minimum absolute atomic E-state index is 0.0241. The zero-order valence-corrected chi connectivity index (χ0v) is 21.2. The summed E-state index contributed by atoms with van der Waals surface area (Å²) in [7, 11) is 3.60. The molecule has 1 saturated heterocycles. The normalized spacial score (nSPS) is 15.3. The van der Waals surface area contributed by atoms with E-state index in [0.29, 0.717) is 25.4 Å². The van der Waals surface area contributed by atoms with E-state index in [9.17, 15) is 9.59 Å². The first-order chi connectivity index (χ1) is 16.5. The third-order valence-electron chi connectivity index (χ3n) is 6.49. The van der Waals surface area contributed by atoms with Crippen molar-refractivity contribution in [2.45, 2.75) is 31.7 Å². The third kappa shape index (κ3) is 7.35. The molecule has 0 spiro atoms. The average Bonchev–Trinajstić information content (AvgIpc) is 2.89. The molecule has 2 amide bonds. The molecular weight excluding hydrogens is 446 g/mol. The van der Waals surface area contributed by atoms with E-state index in [2.05, 4.69) is 17.1 Å². The van der Waals surface area contributed by atoms with E-state index in [1.165, 1.54) is 0 Å². The van der Waals surface area contributed by atoms with Gasteiger partial charge in [-0.1, -0.05) is 18.2 Å². The number of hydrogen-bond acceptors (Lipinski definition) is 5. The van der Waals surface area contributed by atoms with Gasteiger partial charge in [0.15, 0.2) is 0 Å². The molecule has 1 aliphatic rings. The van der Waals surface area contributed by atoms with Gasteiger partial charge in [-0.05, 0) is 66.8 Å². The Morgan fingerprint density at radius 3 is 2.74 bits per heavy atom. The molecule has 3 rings (SSSR count). The van der Waals surface area contributed by atoms with Crippen molar-refractivity contribution in [2.24, 2.45) is 5.92 Å². The van der Waals surface area contributed by atoms with Crippen LogP contribution in [0.1, 0.15) is 30.4 Å². The van der Waals surface area contributed by atoms with Gasteiger partial charge in [0.2, 0.25) is 11.8 Å². The first-order valence-corrected chi connectivity index (χ1v) is 13.2. The highest BCUT2D eigenvalue weighted by molar-refractivity contribution is 7.98. The average molecular weight is 482 g/mol. The van der Waals surface area contributed by atoms with E-state index in [1.54, 1.807) is 37.3 Å². The molecule has 1 atom stereocenters. The van der Waals surface area contributed by atoms with Gasteiger partial charge in [-0.3, -0.25) is 14.6 Å². The summed E-state index contributed by atoms with van der Waals surface area (Å²) in [5, 5.41) is 0. The van der Waals surface area contributed by atoms with Gasteiger partial charge in [-0.2, -0.15) is 11.8 Å². The van der Waals surface area contributed by atoms with Crippen LogP contribution < -0.4 is 4.74 Å². The summed E-state index contributed by atoms with van der Waals surface area (Å²) >= 11 is 1.69. The van der Waals surface area contributed by atoms with Crippen LogP contribution in [0.4, 0.5) is 0 Å². The van der Waals surface area contributed by atoms with Crippen molar-refractivity contribution in [1.82, 2.24) is 14.8 Å². The fraction of sp³-hybridized carbons (Fsp3) is 0.444. The number of pyridine rings is 1. The summed E-state index contributed by atoms with van der Waals surface area (Å²) in [5.41, 5.74) is 2.07. The Bertz CT molecular complexity index is 959. The van der Waals surface area contributed by atoms with E-state index in [-0.39, 0.29) is 17.9 Å². The maximum atomic E-state index is 12.9. The van der Waals surface area contributed by atoms with Crippen molar-refractivity contribution in [1.29, 1.82) is 0 Å². The molecule has 0 N–H and O–H groups in total. The fourth-order valence-corrected chi connectivity index (χ4v) is 4.84. The molecule has 1 aliphatic heterocycles. The summed E-state index contributed by atoms with van der Waals surface area (Å²) in [5.74, 6) is 2.19. The van der Waals surface area contributed by atoms with Crippen molar-refractivity contribution >= 4 is 29.7 Å². The second-order valence-corrected chi connectivity index (χ2v) is 9.64. The quantitative estimate of drug-likeness (QED) is 0.477. The highest BCUT2D eigenvalue weighted by Gasteiger charge is 2.32. The smallest absolute Gasteiger partial charge is 0.246 e. The van der Waals surface area contributed by atoms with Crippen LogP contribution in [-0.2, 0) is 16.0 Å². The largest absolute Gasteiger partial charge is 0.497 e. The summed E-state index contributed by atoms with van der Waals surface area (Å²) in [6.07, 6.45) is 12.0. The number of thioether (sulfide) groups is 1. The SMILES string of the molecule is COc1cccc(CC(C2CCN(C(=O)C=Cc3cccnc3)CC2)N(C)C(=O)CCSC)c1. The van der Waals surface area contributed by atoms with Gasteiger partial charge in [-0.15, -0.1) is 0 Å². The Morgan fingerprint density at radius 2 is 2.06 bits per heavy atom. The Morgan fingerprint density at radius 1 is 1.26 bits per heavy atom. The Kier molecular flexibility index (Phi) is 10.0. The predicted octanol–water partition coefficient (Wildman–Crippen LogP) is 4.16. The number of carbonyl (C=O) groups is 2. The van der Waals surface area contributed by atoms with E-state index in [0.717, 1.165) is 41.9 Å². The topological polar surface area (TPSA) is 62.7 Å². The third-order valence-corrected chi connectivity index (χ3v) is 7.10. The minimum Gasteiger partial charge on any atom is -0.497 e. The molecular formula is C27H35N3O3S. The van der Waals surface area contributed by atoms with E-state index in [1.807, 2.05) is 53.4 Å². The highest BCUT2D eigenvalue weighted by Crippen LogP contribution is 2.28. The highest BCUT2D eigenvalue weighted by atomic mass is 32.2. The van der Waals surface area contributed by atoms with Crippen molar-refractivity contribution in [2.75, 3.05) is 39.3 Å². The number of likely N-dealkylation sites (N-methyl/N-ethyl adjacent to an activating group) is 1. The number of carbonyl (C=O) groups excluding carboxylic acids is 2. The lowest BCUT2D eigenvalue weighted by atomic mass is 9.84. The number of rotatable bonds is 10. The molecule has 6 nitrogen and oxygen atoms in total. The van der Waals surface area contributed by atoms with Crippen molar-refractivity contribution in [3.05, 3.63) is 66.0 Å². The first kappa shape index (κ1) is 25.8. The molecule has 182 valence electrons. The van der Waals surface area contributed by atoms with Crippen LogP contribution in [0, 0.1) is 5.92 Å². The van der Waals surface area contributed by atoms with Crippen LogP contribution in [-0.4, -0.2) is 71.9 Å². The summed E-state index contributed by atoms with van der Waals surface area (Å²) in [6.45, 7) is 1.39. The van der Waals surface area contributed by atoms with Crippen LogP contribution in [0.5, 0.6) is 5.75 Å². The lowest BCUT2D eigenvalue weighted by Gasteiger charge is -2.40. The Balaban J connectivity index is 1.66. The molecule has 7 heteroatoms. The number of hydrogen-bond donors (Lipinski definition) is 0. The second kappa shape index (κ2) is 13.2. The summed E-state index contributed by atoms with van der Waals surface area (Å²) < 4.78 is 5.40. The standard InChI is InChI=1S/C27H35N3O3S/c1-29(26(31)13-17-34-3)25(19-22-6-4-8-24(18-22)33-2)23-11-15-30(16-12-23)27(32)10-9-21-7-5-14-28-20-21/h4-10,14,18,20,23,25H,11-13,15-17,19H2,1-3H3. The second-order valence-electron chi connectivity index (χ2n) is 8.65. The number of nitrogens with zero attached hydrogens (tertiary/aromatic N) is 3. The number of piperidine rings is 1. The molecule has 2 heterocycles. The number of benzene rings is 1. The Hall–Kier alpha value is -2.80. The van der Waals surface area contributed by atoms with E-state index >= 15 is 0 Å². The fourth-order valence-electron chi connectivity index (χ4n) is 4.46. The number of ether oxygens (including phenoxy) is 1. The lowest BCUT2D eigenvalue weighted by molar-refractivity contribution is -0.134. The summed E-state index contributed by atoms with van der Waals surface area (Å²) in [6, 6.07) is 12.0. The maximum absolute atomic E-state index is 12.9. The molecule has 34 heavy (non-hydrogen) atoms. The number of methoxy groups -OCH3 is 1. The molecule has 1 unspecified atom stereocenters. The minimum atomic E-state index is 0.0241. The van der Waals surface area contributed by atoms with Gasteiger partial charge in [-0.25, -0.2) is 0 Å². The van der Waals surface area contributed by atoms with Gasteiger partial charge in [0.25, 0.3) is 0 Å². The monoisotopic (exact) mass is 481 g/mol. The van der Waals surface area contributed by atoms with E-state index in [4.69, 9.17) is 4.74 Å². The molecule has 0 saturated carbocycles. The van der Waals surface area contributed by atoms with Crippen LogP contribution in [0.2, 0.25) is 0 Å². The molecule has 0 radical (unpaired) electrons. The predicted molar refractivity (Wildman–Crippen MR) is 139 cm³/mol. The van der Waals surface area contributed by atoms with Crippen molar-refractivity contribution in [3.8, 4) is 5.75 Å². The maximum Gasteiger partial charge on any atom is 0.246 e. The summed E-state index contributed by atoms with van der Waals surface area (Å²) in [4.78, 5) is 33.5. The molecule has 0 aliphatic carbocycles.